The van der Waals surface area contributed by atoms with Crippen molar-refractivity contribution in [3.63, 3.8) is 0 Å². The molecule has 0 saturated heterocycles. The number of aliphatic imine (C=N–C) groups is 2. The Morgan fingerprint density at radius 1 is 0.636 bits per heavy atom. The molecule has 9 heteroatoms. The topological polar surface area (TPSA) is 85.1 Å². The number of carbonyl (C=O) groups is 2. The van der Waals surface area contributed by atoms with Crippen LogP contribution in [0.25, 0.3) is 0 Å². The molecule has 1 radical (unpaired) electrons. The molecule has 0 saturated carbocycles. The Balaban J connectivity index is 0.000000227. The first-order valence-corrected chi connectivity index (χ1v) is 10.1. The number of hydrogen-bond acceptors (Lipinski definition) is 8. The molecule has 2 aromatic carbocycles. The van der Waals surface area contributed by atoms with Crippen molar-refractivity contribution >= 4 is 60.6 Å². The quantitative estimate of drug-likeness (QED) is 0.189. The summed E-state index contributed by atoms with van der Waals surface area (Å²) in [6.07, 6.45) is 5.32. The number of ketones is 2. The van der Waals surface area contributed by atoms with Crippen molar-refractivity contribution in [3.05, 3.63) is 96.8 Å². The molecule has 0 aliphatic rings. The second-order valence-corrected chi connectivity index (χ2v) is 7.01. The van der Waals surface area contributed by atoms with E-state index in [0.717, 1.165) is 0 Å². The summed E-state index contributed by atoms with van der Waals surface area (Å²) in [5.41, 5.74) is 1.22. The van der Waals surface area contributed by atoms with Crippen LogP contribution in [0.2, 0.25) is 0 Å². The van der Waals surface area contributed by atoms with E-state index in [-0.39, 0.29) is 39.9 Å². The van der Waals surface area contributed by atoms with Crippen molar-refractivity contribution in [1.29, 1.82) is 0 Å². The van der Waals surface area contributed by atoms with Gasteiger partial charge >= 0.3 is 16.8 Å². The SMILES string of the molecule is O=C(C=Nc1ccccc1[S-])c1ccco1.O=C(C=Nc1ccccc1[S-])c1ccco1.[Co+2]. The van der Waals surface area contributed by atoms with E-state index in [1.165, 1.54) is 25.0 Å². The normalized spacial score (nSPS) is 10.4. The molecule has 6 nitrogen and oxygen atoms in total. The Kier molecular flexibility index (Phi) is 10.4. The summed E-state index contributed by atoms with van der Waals surface area (Å²) in [4.78, 5) is 32.3. The van der Waals surface area contributed by atoms with Gasteiger partial charge in [-0.05, 0) is 36.4 Å². The van der Waals surface area contributed by atoms with Crippen LogP contribution in [0.1, 0.15) is 21.1 Å². The predicted octanol–water partition coefficient (Wildman–Crippen LogP) is 5.54. The summed E-state index contributed by atoms with van der Waals surface area (Å²) in [7, 11) is 0. The molecule has 4 rings (SSSR count). The van der Waals surface area contributed by atoms with Crippen LogP contribution < -0.4 is 0 Å². The van der Waals surface area contributed by atoms with Gasteiger partial charge in [0, 0.05) is 11.4 Å². The molecule has 33 heavy (non-hydrogen) atoms. The summed E-state index contributed by atoms with van der Waals surface area (Å²) < 4.78 is 9.89. The van der Waals surface area contributed by atoms with E-state index in [0.29, 0.717) is 21.2 Å². The van der Waals surface area contributed by atoms with E-state index in [1.807, 2.05) is 24.3 Å². The van der Waals surface area contributed by atoms with Gasteiger partial charge in [-0.25, -0.2) is 0 Å². The fourth-order valence-corrected chi connectivity index (χ4v) is 2.75. The standard InChI is InChI=1S/2C12H9NO2S.Co/c2*14-10(11-5-3-7-15-11)8-13-9-4-1-2-6-12(9)16;/h2*1-8,16H;/q;;+2/p-2. The number of benzene rings is 2. The van der Waals surface area contributed by atoms with Crippen molar-refractivity contribution in [1.82, 2.24) is 0 Å². The maximum absolute atomic E-state index is 11.5. The Morgan fingerprint density at radius 2 is 1.03 bits per heavy atom. The number of para-hydroxylation sites is 2. The molecule has 2 aromatic heterocycles. The first-order chi connectivity index (χ1) is 15.5. The summed E-state index contributed by atoms with van der Waals surface area (Å²) >= 11 is 10.1. The molecule has 0 bridgehead atoms. The van der Waals surface area contributed by atoms with E-state index >= 15 is 0 Å². The zero-order valence-corrected chi connectivity index (χ0v) is 19.6. The minimum atomic E-state index is -0.275. The minimum Gasteiger partial charge on any atom is -0.778 e. The fraction of sp³-hybridized carbons (Fsp3) is 0. The second-order valence-electron chi connectivity index (χ2n) is 6.13. The van der Waals surface area contributed by atoms with Gasteiger partial charge in [-0.15, -0.1) is 9.79 Å². The third kappa shape index (κ3) is 7.92. The largest absolute Gasteiger partial charge is 2.00 e. The van der Waals surface area contributed by atoms with Crippen molar-refractivity contribution in [2.24, 2.45) is 9.98 Å². The Hall–Kier alpha value is -3.37. The fourth-order valence-electron chi connectivity index (χ4n) is 2.35. The predicted molar refractivity (Wildman–Crippen MR) is 127 cm³/mol. The van der Waals surface area contributed by atoms with Gasteiger partial charge in [0.05, 0.1) is 25.0 Å². The van der Waals surface area contributed by atoms with Crippen LogP contribution in [0, 0.1) is 0 Å². The molecule has 4 aromatic rings. The van der Waals surface area contributed by atoms with Crippen LogP contribution in [0.5, 0.6) is 0 Å². The molecule has 0 atom stereocenters. The molecule has 0 amide bonds. The van der Waals surface area contributed by atoms with Crippen LogP contribution in [-0.2, 0) is 42.0 Å². The number of carbonyl (C=O) groups excluding carboxylic acids is 2. The zero-order chi connectivity index (χ0) is 22.8. The Bertz CT molecular complexity index is 1140. The van der Waals surface area contributed by atoms with E-state index in [9.17, 15) is 9.59 Å². The van der Waals surface area contributed by atoms with E-state index in [1.54, 1.807) is 48.5 Å². The van der Waals surface area contributed by atoms with Gasteiger partial charge in [-0.1, -0.05) is 36.4 Å². The van der Waals surface area contributed by atoms with Gasteiger partial charge in [0.25, 0.3) is 0 Å². The molecular weight excluding hydrogens is 503 g/mol. The molecule has 0 aliphatic heterocycles. The third-order valence-electron chi connectivity index (χ3n) is 3.90. The third-order valence-corrected chi connectivity index (χ3v) is 4.59. The molecule has 2 heterocycles. The molecular formula is C24H16CoN2O4S2. The Morgan fingerprint density at radius 3 is 1.36 bits per heavy atom. The minimum absolute atomic E-state index is 0. The van der Waals surface area contributed by atoms with E-state index < -0.39 is 0 Å². The Labute approximate surface area is 211 Å². The van der Waals surface area contributed by atoms with Gasteiger partial charge in [0.2, 0.25) is 11.6 Å². The van der Waals surface area contributed by atoms with Crippen molar-refractivity contribution < 1.29 is 35.2 Å². The maximum Gasteiger partial charge on any atom is 2.00 e. The number of hydrogen-bond donors (Lipinski definition) is 0. The van der Waals surface area contributed by atoms with Gasteiger partial charge in [0.15, 0.2) is 11.5 Å². The van der Waals surface area contributed by atoms with E-state index in [2.05, 4.69) is 9.98 Å². The van der Waals surface area contributed by atoms with E-state index in [4.69, 9.17) is 34.1 Å². The number of furan rings is 2. The molecule has 0 fully saturated rings. The van der Waals surface area contributed by atoms with Gasteiger partial charge in [-0.3, -0.25) is 19.6 Å². The smallest absolute Gasteiger partial charge is 0.778 e. The van der Waals surface area contributed by atoms with Crippen molar-refractivity contribution in [2.45, 2.75) is 9.79 Å². The molecule has 0 unspecified atom stereocenters. The molecule has 0 aliphatic carbocycles. The van der Waals surface area contributed by atoms with Crippen LogP contribution in [0.4, 0.5) is 11.4 Å². The second kappa shape index (κ2) is 13.2. The summed E-state index contributed by atoms with van der Waals surface area (Å²) in [6.45, 7) is 0. The first kappa shape index (κ1) is 25.9. The van der Waals surface area contributed by atoms with Gasteiger partial charge in [0.1, 0.15) is 0 Å². The van der Waals surface area contributed by atoms with Crippen LogP contribution in [-0.4, -0.2) is 24.0 Å². The molecule has 0 spiro atoms. The number of nitrogens with zero attached hydrogens (tertiary/aromatic N) is 2. The summed E-state index contributed by atoms with van der Waals surface area (Å²) in [5, 5.41) is 0. The van der Waals surface area contributed by atoms with Crippen LogP contribution in [0.15, 0.2) is 114 Å². The van der Waals surface area contributed by atoms with Gasteiger partial charge < -0.3 is 34.1 Å². The number of Topliss-reactive ketones (excluding diaryl/α,β-unsaturated/α-hetero) is 2. The average molecular weight is 519 g/mol. The average Bonchev–Trinajstić information content (AvgIpc) is 3.53. The first-order valence-electron chi connectivity index (χ1n) is 9.30. The van der Waals surface area contributed by atoms with Crippen LogP contribution >= 0.6 is 0 Å². The molecule has 0 N–H and O–H groups in total. The monoisotopic (exact) mass is 519 g/mol. The maximum atomic E-state index is 11.5. The van der Waals surface area contributed by atoms with Gasteiger partial charge in [-0.2, -0.15) is 0 Å². The summed E-state index contributed by atoms with van der Waals surface area (Å²) in [5.74, 6) is -0.0114. The molecule has 167 valence electrons. The number of rotatable bonds is 6. The zero-order valence-electron chi connectivity index (χ0n) is 16.9. The van der Waals surface area contributed by atoms with Crippen molar-refractivity contribution in [2.75, 3.05) is 0 Å². The van der Waals surface area contributed by atoms with Crippen molar-refractivity contribution in [3.8, 4) is 0 Å². The van der Waals surface area contributed by atoms with Crippen LogP contribution in [0.3, 0.4) is 0 Å². The summed E-state index contributed by atoms with van der Waals surface area (Å²) in [6, 6.07) is 20.8.